The summed E-state index contributed by atoms with van der Waals surface area (Å²) >= 11 is 6.42. The molecule has 0 saturated heterocycles. The number of aromatic amines is 1. The lowest BCUT2D eigenvalue weighted by Crippen LogP contribution is -2.25. The van der Waals surface area contributed by atoms with E-state index in [0.29, 0.717) is 45.1 Å². The van der Waals surface area contributed by atoms with E-state index in [1.54, 1.807) is 43.6 Å². The number of hydrogen-bond acceptors (Lipinski definition) is 5. The molecular formula is C27H28ClN3O5. The molecule has 4 N–H and O–H groups in total. The van der Waals surface area contributed by atoms with Crippen molar-refractivity contribution in [2.75, 3.05) is 13.2 Å². The van der Waals surface area contributed by atoms with E-state index in [9.17, 15) is 19.8 Å². The summed E-state index contributed by atoms with van der Waals surface area (Å²) in [5.74, 6) is 0.562. The molecule has 0 bridgehead atoms. The Hall–Kier alpha value is -3.59. The summed E-state index contributed by atoms with van der Waals surface area (Å²) in [5.41, 5.74) is 1.10. The number of benzene rings is 2. The molecule has 2 aromatic heterocycles. The number of amides is 1. The summed E-state index contributed by atoms with van der Waals surface area (Å²) in [4.78, 5) is 28.4. The minimum Gasteiger partial charge on any atom is -0.455 e. The average Bonchev–Trinajstić information content (AvgIpc) is 3.30. The third-order valence-corrected chi connectivity index (χ3v) is 6.42. The van der Waals surface area contributed by atoms with Crippen molar-refractivity contribution in [2.45, 2.75) is 26.4 Å². The van der Waals surface area contributed by atoms with Gasteiger partial charge in [0.15, 0.2) is 0 Å². The second kappa shape index (κ2) is 9.81. The maximum atomic E-state index is 12.9. The van der Waals surface area contributed by atoms with Gasteiger partial charge in [0.2, 0.25) is 0 Å². The van der Waals surface area contributed by atoms with Gasteiger partial charge in [-0.25, -0.2) is 0 Å². The third-order valence-electron chi connectivity index (χ3n) is 6.12. The number of aromatic nitrogens is 2. The van der Waals surface area contributed by atoms with Gasteiger partial charge in [-0.3, -0.25) is 9.59 Å². The number of nitrogens with zero attached hydrogens (tertiary/aromatic N) is 1. The molecule has 0 radical (unpaired) electrons. The van der Waals surface area contributed by atoms with Gasteiger partial charge in [0.1, 0.15) is 28.3 Å². The highest BCUT2D eigenvalue weighted by Gasteiger charge is 2.25. The average molecular weight is 510 g/mol. The van der Waals surface area contributed by atoms with Crippen LogP contribution in [0, 0.1) is 6.92 Å². The molecule has 2 heterocycles. The lowest BCUT2D eigenvalue weighted by Gasteiger charge is -2.23. The van der Waals surface area contributed by atoms with E-state index in [-0.39, 0.29) is 22.7 Å². The Kier molecular flexibility index (Phi) is 6.95. The number of halogens is 1. The summed E-state index contributed by atoms with van der Waals surface area (Å²) in [6.07, 6.45) is 1.65. The van der Waals surface area contributed by atoms with Crippen molar-refractivity contribution < 1.29 is 19.7 Å². The van der Waals surface area contributed by atoms with E-state index in [1.165, 1.54) is 11.5 Å². The number of pyridine rings is 1. The second-order valence-corrected chi connectivity index (χ2v) is 9.33. The van der Waals surface area contributed by atoms with Crippen LogP contribution in [0.3, 0.4) is 0 Å². The van der Waals surface area contributed by atoms with Crippen molar-refractivity contribution in [3.8, 4) is 22.6 Å². The van der Waals surface area contributed by atoms with E-state index in [1.807, 2.05) is 26.0 Å². The Morgan fingerprint density at radius 3 is 2.64 bits per heavy atom. The van der Waals surface area contributed by atoms with Gasteiger partial charge in [-0.15, -0.1) is 0 Å². The number of ether oxygens (including phenoxy) is 1. The SMILES string of the molecule is CCNC(=O)c1cc2c(-c3cc(C(C)(O)CO)ccc3Oc3c(C)cccc3Cl)cn(C)c(=O)c2[nH]1. The molecule has 2 aromatic carbocycles. The van der Waals surface area contributed by atoms with E-state index in [0.717, 1.165) is 5.56 Å². The lowest BCUT2D eigenvalue weighted by atomic mass is 9.92. The second-order valence-electron chi connectivity index (χ2n) is 8.92. The molecule has 1 amide bonds. The van der Waals surface area contributed by atoms with Crippen LogP contribution in [0.15, 0.2) is 53.5 Å². The van der Waals surface area contributed by atoms with Crippen LogP contribution in [-0.2, 0) is 12.6 Å². The van der Waals surface area contributed by atoms with Crippen LogP contribution in [0.4, 0.5) is 0 Å². The maximum absolute atomic E-state index is 12.9. The topological polar surface area (TPSA) is 117 Å². The molecular weight excluding hydrogens is 482 g/mol. The molecule has 1 unspecified atom stereocenters. The highest BCUT2D eigenvalue weighted by Crippen LogP contribution is 2.41. The molecule has 4 rings (SSSR count). The largest absolute Gasteiger partial charge is 0.455 e. The number of hydrogen-bond donors (Lipinski definition) is 4. The zero-order valence-corrected chi connectivity index (χ0v) is 21.2. The van der Waals surface area contributed by atoms with E-state index in [4.69, 9.17) is 16.3 Å². The Morgan fingerprint density at radius 1 is 1.22 bits per heavy atom. The zero-order valence-electron chi connectivity index (χ0n) is 20.5. The first-order valence-corrected chi connectivity index (χ1v) is 11.9. The quantitative estimate of drug-likeness (QED) is 0.297. The zero-order chi connectivity index (χ0) is 26.2. The van der Waals surface area contributed by atoms with Crippen LogP contribution in [0.1, 0.15) is 35.5 Å². The number of nitrogens with one attached hydrogen (secondary N) is 2. The highest BCUT2D eigenvalue weighted by molar-refractivity contribution is 6.32. The number of aliphatic hydroxyl groups is 2. The number of aliphatic hydroxyl groups excluding tert-OH is 1. The van der Waals surface area contributed by atoms with E-state index < -0.39 is 12.2 Å². The van der Waals surface area contributed by atoms with Crippen molar-refractivity contribution in [3.63, 3.8) is 0 Å². The summed E-state index contributed by atoms with van der Waals surface area (Å²) in [6.45, 7) is 5.13. The predicted molar refractivity (Wildman–Crippen MR) is 140 cm³/mol. The van der Waals surface area contributed by atoms with Crippen molar-refractivity contribution in [1.29, 1.82) is 0 Å². The molecule has 0 aliphatic rings. The van der Waals surface area contributed by atoms with Crippen LogP contribution >= 0.6 is 11.6 Å². The monoisotopic (exact) mass is 509 g/mol. The summed E-state index contributed by atoms with van der Waals surface area (Å²) < 4.78 is 7.70. The molecule has 0 aliphatic heterocycles. The molecule has 0 saturated carbocycles. The maximum Gasteiger partial charge on any atom is 0.274 e. The molecule has 1 atom stereocenters. The molecule has 188 valence electrons. The van der Waals surface area contributed by atoms with Crippen LogP contribution in [0.2, 0.25) is 5.02 Å². The summed E-state index contributed by atoms with van der Waals surface area (Å²) in [6, 6.07) is 12.1. The first kappa shape index (κ1) is 25.5. The van der Waals surface area contributed by atoms with Gasteiger partial charge in [0.05, 0.1) is 11.6 Å². The number of aryl methyl sites for hydroxylation is 2. The molecule has 0 aliphatic carbocycles. The third kappa shape index (κ3) is 4.63. The standard InChI is InChI=1S/C27H28ClN3O5/c1-5-29-25(33)21-12-18-19(13-31(4)26(34)23(18)30-21)17-11-16(27(3,35)14-32)9-10-22(17)36-24-15(2)7-6-8-20(24)28/h6-13,30,32,35H,5,14H2,1-4H3,(H,29,33). The number of carbonyl (C=O) groups is 1. The van der Waals surface area contributed by atoms with Gasteiger partial charge < -0.3 is 29.8 Å². The van der Waals surface area contributed by atoms with Crippen LogP contribution in [0.5, 0.6) is 11.5 Å². The van der Waals surface area contributed by atoms with Crippen molar-refractivity contribution in [1.82, 2.24) is 14.9 Å². The first-order valence-electron chi connectivity index (χ1n) is 11.5. The van der Waals surface area contributed by atoms with Crippen molar-refractivity contribution in [3.05, 3.63) is 80.9 Å². The molecule has 9 heteroatoms. The molecule has 4 aromatic rings. The highest BCUT2D eigenvalue weighted by atomic mass is 35.5. The van der Waals surface area contributed by atoms with Gasteiger partial charge in [-0.05, 0) is 56.2 Å². The van der Waals surface area contributed by atoms with Gasteiger partial charge in [-0.2, -0.15) is 0 Å². The molecule has 36 heavy (non-hydrogen) atoms. The summed E-state index contributed by atoms with van der Waals surface area (Å²) in [7, 11) is 1.62. The molecule has 0 fully saturated rings. The van der Waals surface area contributed by atoms with Crippen molar-refractivity contribution >= 4 is 28.4 Å². The summed E-state index contributed by atoms with van der Waals surface area (Å²) in [5, 5.41) is 24.2. The fourth-order valence-electron chi connectivity index (χ4n) is 4.04. The number of H-pyrrole nitrogens is 1. The van der Waals surface area contributed by atoms with Crippen LogP contribution in [-0.4, -0.2) is 38.8 Å². The Labute approximate surface area is 213 Å². The minimum absolute atomic E-state index is 0.249. The number of para-hydroxylation sites is 1. The first-order chi connectivity index (χ1) is 17.1. The normalized spacial score (nSPS) is 13.0. The van der Waals surface area contributed by atoms with Gasteiger partial charge >= 0.3 is 0 Å². The minimum atomic E-state index is -1.52. The molecule has 8 nitrogen and oxygen atoms in total. The van der Waals surface area contributed by atoms with E-state index >= 15 is 0 Å². The number of carbonyl (C=O) groups excluding carboxylic acids is 1. The fourth-order valence-corrected chi connectivity index (χ4v) is 4.30. The van der Waals surface area contributed by atoms with Crippen LogP contribution < -0.4 is 15.6 Å². The Bertz CT molecular complexity index is 1500. The number of fused-ring (bicyclic) bond motifs is 1. The smallest absolute Gasteiger partial charge is 0.274 e. The fraction of sp³-hybridized carbons (Fsp3) is 0.259. The van der Waals surface area contributed by atoms with Gasteiger partial charge in [-0.1, -0.05) is 29.8 Å². The molecule has 0 spiro atoms. The number of rotatable bonds is 7. The predicted octanol–water partition coefficient (Wildman–Crippen LogP) is 4.24. The Morgan fingerprint density at radius 2 is 1.97 bits per heavy atom. The van der Waals surface area contributed by atoms with Crippen LogP contribution in [0.25, 0.3) is 22.0 Å². The van der Waals surface area contributed by atoms with E-state index in [2.05, 4.69) is 10.3 Å². The van der Waals surface area contributed by atoms with Crippen molar-refractivity contribution in [2.24, 2.45) is 7.05 Å². The van der Waals surface area contributed by atoms with Gasteiger partial charge in [0, 0.05) is 36.3 Å². The Balaban J connectivity index is 2.01. The lowest BCUT2D eigenvalue weighted by molar-refractivity contribution is -0.00226. The van der Waals surface area contributed by atoms with Gasteiger partial charge in [0.25, 0.3) is 11.5 Å².